The zero-order valence-electron chi connectivity index (χ0n) is 15.8. The minimum absolute atomic E-state index is 0.253. The van der Waals surface area contributed by atoms with Crippen LogP contribution in [0.4, 0.5) is 0 Å². The van der Waals surface area contributed by atoms with Crippen LogP contribution in [0, 0.1) is 6.92 Å². The first-order chi connectivity index (χ1) is 13.5. The zero-order chi connectivity index (χ0) is 19.9. The van der Waals surface area contributed by atoms with E-state index in [-0.39, 0.29) is 5.91 Å². The maximum Gasteiger partial charge on any atom is 0.273 e. The smallest absolute Gasteiger partial charge is 0.273 e. The molecule has 0 radical (unpaired) electrons. The molecule has 2 aromatic carbocycles. The van der Waals surface area contributed by atoms with Crippen LogP contribution in [-0.4, -0.2) is 30.8 Å². The van der Waals surface area contributed by atoms with E-state index in [9.17, 15) is 4.79 Å². The molecule has 0 saturated carbocycles. The number of amides is 1. The fourth-order valence-corrected chi connectivity index (χ4v) is 2.80. The predicted molar refractivity (Wildman–Crippen MR) is 112 cm³/mol. The summed E-state index contributed by atoms with van der Waals surface area (Å²) in [5, 5.41) is 5.66. The molecule has 7 heteroatoms. The summed E-state index contributed by atoms with van der Waals surface area (Å²) in [6.07, 6.45) is 1.71. The second-order valence-electron chi connectivity index (χ2n) is 6.12. The first-order valence-corrected chi connectivity index (χ1v) is 9.39. The van der Waals surface area contributed by atoms with Crippen molar-refractivity contribution in [3.63, 3.8) is 0 Å². The Morgan fingerprint density at radius 2 is 1.71 bits per heavy atom. The molecule has 28 heavy (non-hydrogen) atoms. The van der Waals surface area contributed by atoms with Gasteiger partial charge in [-0.3, -0.25) is 10.1 Å². The number of nitrogens with one attached hydrogen (secondary N) is 2. The van der Waals surface area contributed by atoms with Gasteiger partial charge in [-0.2, -0.15) is 0 Å². The van der Waals surface area contributed by atoms with E-state index in [1.54, 1.807) is 6.08 Å². The summed E-state index contributed by atoms with van der Waals surface area (Å²) < 4.78 is 17.2. The Balaban J connectivity index is 1.62. The number of hydrogen-bond donors (Lipinski definition) is 2. The van der Waals surface area contributed by atoms with E-state index >= 15 is 0 Å². The van der Waals surface area contributed by atoms with Crippen LogP contribution in [0.1, 0.15) is 18.1 Å². The highest BCUT2D eigenvalue weighted by Gasteiger charge is 2.20. The molecular weight excluding hydrogens is 376 g/mol. The van der Waals surface area contributed by atoms with Gasteiger partial charge in [-0.25, -0.2) is 0 Å². The lowest BCUT2D eigenvalue weighted by atomic mass is 10.1. The maximum absolute atomic E-state index is 11.8. The third-order valence-corrected chi connectivity index (χ3v) is 4.13. The topological polar surface area (TPSA) is 68.8 Å². The summed E-state index contributed by atoms with van der Waals surface area (Å²) in [4.78, 5) is 11.8. The molecular formula is C21H22N2O4S. The number of benzene rings is 2. The van der Waals surface area contributed by atoms with Crippen molar-refractivity contribution in [2.45, 2.75) is 13.8 Å². The van der Waals surface area contributed by atoms with Crippen LogP contribution in [0.15, 0.2) is 48.2 Å². The van der Waals surface area contributed by atoms with Crippen molar-refractivity contribution in [3.05, 3.63) is 59.3 Å². The Morgan fingerprint density at radius 1 is 0.964 bits per heavy atom. The number of rotatable bonds is 8. The summed E-state index contributed by atoms with van der Waals surface area (Å²) in [7, 11) is 0. The van der Waals surface area contributed by atoms with Crippen LogP contribution in [0.3, 0.4) is 0 Å². The van der Waals surface area contributed by atoms with Gasteiger partial charge in [0, 0.05) is 0 Å². The number of aryl methyl sites for hydroxylation is 1. The van der Waals surface area contributed by atoms with E-state index in [1.807, 2.05) is 56.3 Å². The van der Waals surface area contributed by atoms with Crippen molar-refractivity contribution in [2.75, 3.05) is 19.8 Å². The maximum atomic E-state index is 11.8. The molecule has 1 aliphatic rings. The van der Waals surface area contributed by atoms with Crippen LogP contribution in [0.2, 0.25) is 0 Å². The largest absolute Gasteiger partial charge is 0.490 e. The molecule has 2 aromatic rings. The molecule has 1 fully saturated rings. The van der Waals surface area contributed by atoms with Gasteiger partial charge in [0.05, 0.1) is 6.61 Å². The first-order valence-electron chi connectivity index (χ1n) is 8.98. The second kappa shape index (κ2) is 9.23. The molecule has 6 nitrogen and oxygen atoms in total. The zero-order valence-corrected chi connectivity index (χ0v) is 16.6. The lowest BCUT2D eigenvalue weighted by molar-refractivity contribution is -0.115. The number of hydrogen-bond acceptors (Lipinski definition) is 5. The van der Waals surface area contributed by atoms with E-state index in [4.69, 9.17) is 26.4 Å². The van der Waals surface area contributed by atoms with Crippen LogP contribution in [0.25, 0.3) is 6.08 Å². The van der Waals surface area contributed by atoms with Crippen molar-refractivity contribution in [1.29, 1.82) is 0 Å². The molecule has 0 spiro atoms. The molecule has 1 saturated heterocycles. The summed E-state index contributed by atoms with van der Waals surface area (Å²) >= 11 is 4.94. The van der Waals surface area contributed by atoms with Crippen LogP contribution >= 0.6 is 12.2 Å². The fraction of sp³-hybridized carbons (Fsp3) is 0.238. The van der Waals surface area contributed by atoms with Crippen molar-refractivity contribution >= 4 is 29.3 Å². The minimum Gasteiger partial charge on any atom is -0.490 e. The predicted octanol–water partition coefficient (Wildman–Crippen LogP) is 3.20. The van der Waals surface area contributed by atoms with E-state index in [0.717, 1.165) is 11.3 Å². The molecule has 0 atom stereocenters. The molecule has 0 unspecified atom stereocenters. The molecule has 0 bridgehead atoms. The Labute approximate surface area is 169 Å². The number of carbonyl (C=O) groups is 1. The number of ether oxygens (including phenoxy) is 3. The Bertz CT molecular complexity index is 894. The molecule has 1 heterocycles. The number of carbonyl (C=O) groups excluding carboxylic acids is 1. The highest BCUT2D eigenvalue weighted by Crippen LogP contribution is 2.29. The van der Waals surface area contributed by atoms with Crippen molar-refractivity contribution in [1.82, 2.24) is 10.6 Å². The molecule has 3 rings (SSSR count). The minimum atomic E-state index is -0.253. The van der Waals surface area contributed by atoms with Gasteiger partial charge in [-0.15, -0.1) is 0 Å². The monoisotopic (exact) mass is 398 g/mol. The molecule has 1 amide bonds. The molecule has 2 N–H and O–H groups in total. The van der Waals surface area contributed by atoms with E-state index in [2.05, 4.69) is 10.6 Å². The standard InChI is InChI=1S/C21H22N2O4S/c1-3-25-19-13-15(12-17-20(24)23-21(28)22-17)6-9-18(19)27-11-10-26-16-7-4-14(2)5-8-16/h4-9,12-13H,3,10-11H2,1-2H3,(H2,22,23,24,28)/b17-12-. The van der Waals surface area contributed by atoms with Crippen LogP contribution in [0.5, 0.6) is 17.2 Å². The van der Waals surface area contributed by atoms with Gasteiger partial charge < -0.3 is 19.5 Å². The van der Waals surface area contributed by atoms with Gasteiger partial charge in [0.1, 0.15) is 24.7 Å². The van der Waals surface area contributed by atoms with Gasteiger partial charge >= 0.3 is 0 Å². The van der Waals surface area contributed by atoms with Gasteiger partial charge in [0.25, 0.3) is 5.91 Å². The van der Waals surface area contributed by atoms with E-state index in [0.29, 0.717) is 42.1 Å². The first kappa shape index (κ1) is 19.7. The normalized spacial score (nSPS) is 14.6. The van der Waals surface area contributed by atoms with Crippen molar-refractivity contribution in [2.24, 2.45) is 0 Å². The molecule has 146 valence electrons. The van der Waals surface area contributed by atoms with Crippen molar-refractivity contribution < 1.29 is 19.0 Å². The Kier molecular flexibility index (Phi) is 6.49. The fourth-order valence-electron chi connectivity index (χ4n) is 2.60. The lowest BCUT2D eigenvalue weighted by Gasteiger charge is -2.13. The van der Waals surface area contributed by atoms with Crippen LogP contribution < -0.4 is 24.8 Å². The molecule has 0 aromatic heterocycles. The summed E-state index contributed by atoms with van der Waals surface area (Å²) in [6.45, 7) is 5.23. The van der Waals surface area contributed by atoms with Gasteiger partial charge in [0.2, 0.25) is 0 Å². The van der Waals surface area contributed by atoms with E-state index < -0.39 is 0 Å². The second-order valence-corrected chi connectivity index (χ2v) is 6.52. The summed E-state index contributed by atoms with van der Waals surface area (Å²) in [5.41, 5.74) is 2.38. The summed E-state index contributed by atoms with van der Waals surface area (Å²) in [5.74, 6) is 1.78. The highest BCUT2D eigenvalue weighted by molar-refractivity contribution is 7.80. The average molecular weight is 398 g/mol. The number of thiocarbonyl (C=S) groups is 1. The SMILES string of the molecule is CCOc1cc(/C=C2\NC(=S)NC2=O)ccc1OCCOc1ccc(C)cc1. The van der Waals surface area contributed by atoms with Gasteiger partial charge in [0.15, 0.2) is 16.6 Å². The van der Waals surface area contributed by atoms with Crippen molar-refractivity contribution in [3.8, 4) is 17.2 Å². The molecule has 1 aliphatic heterocycles. The lowest BCUT2D eigenvalue weighted by Crippen LogP contribution is -2.21. The quantitative estimate of drug-likeness (QED) is 0.404. The third-order valence-electron chi connectivity index (χ3n) is 3.93. The highest BCUT2D eigenvalue weighted by atomic mass is 32.1. The van der Waals surface area contributed by atoms with Crippen LogP contribution in [-0.2, 0) is 4.79 Å². The van der Waals surface area contributed by atoms with Gasteiger partial charge in [-0.1, -0.05) is 23.8 Å². The van der Waals surface area contributed by atoms with E-state index in [1.165, 1.54) is 5.56 Å². The third kappa shape index (κ3) is 5.23. The Morgan fingerprint density at radius 3 is 2.39 bits per heavy atom. The average Bonchev–Trinajstić information content (AvgIpc) is 2.99. The van der Waals surface area contributed by atoms with Gasteiger partial charge in [-0.05, 0) is 62.0 Å². The molecule has 0 aliphatic carbocycles. The summed E-state index contributed by atoms with van der Waals surface area (Å²) in [6, 6.07) is 13.4. The Hall–Kier alpha value is -3.06.